The fourth-order valence-corrected chi connectivity index (χ4v) is 1.93. The number of hydrogen-bond donors (Lipinski definition) is 1. The molecule has 0 aliphatic carbocycles. The third-order valence-electron chi connectivity index (χ3n) is 2.63. The summed E-state index contributed by atoms with van der Waals surface area (Å²) in [4.78, 5) is 4.09. The molecule has 0 spiro atoms. The largest absolute Gasteiger partial charge is 0.383 e. The molecule has 2 N–H and O–H groups in total. The standard InChI is InChI=1S/C13H13ClN2/c1-8-7-12(14)9(2)6-11(8)10-4-3-5-16-13(10)15/h3-7H,1-2H3,(H2,15,16). The Labute approximate surface area is 100 Å². The van der Waals surface area contributed by atoms with Gasteiger partial charge in [-0.05, 0) is 54.8 Å². The topological polar surface area (TPSA) is 38.9 Å². The maximum absolute atomic E-state index is 6.07. The van der Waals surface area contributed by atoms with Crippen LogP contribution < -0.4 is 5.73 Å². The first-order valence-electron chi connectivity index (χ1n) is 5.07. The Morgan fingerprint density at radius 3 is 2.56 bits per heavy atom. The van der Waals surface area contributed by atoms with E-state index in [-0.39, 0.29) is 0 Å². The minimum absolute atomic E-state index is 0.548. The van der Waals surface area contributed by atoms with Crippen LogP contribution in [0, 0.1) is 13.8 Å². The van der Waals surface area contributed by atoms with Crippen molar-refractivity contribution in [2.75, 3.05) is 5.73 Å². The zero-order valence-electron chi connectivity index (χ0n) is 9.29. The summed E-state index contributed by atoms with van der Waals surface area (Å²) in [7, 11) is 0. The van der Waals surface area contributed by atoms with Gasteiger partial charge in [-0.15, -0.1) is 0 Å². The van der Waals surface area contributed by atoms with Gasteiger partial charge in [-0.2, -0.15) is 0 Å². The normalized spacial score (nSPS) is 10.4. The van der Waals surface area contributed by atoms with Gasteiger partial charge in [0, 0.05) is 16.8 Å². The molecule has 0 bridgehead atoms. The molecule has 1 heterocycles. The van der Waals surface area contributed by atoms with Crippen LogP contribution in [0.2, 0.25) is 5.02 Å². The SMILES string of the molecule is Cc1cc(-c2cccnc2N)c(C)cc1Cl. The first-order chi connectivity index (χ1) is 7.59. The predicted molar refractivity (Wildman–Crippen MR) is 68.6 cm³/mol. The van der Waals surface area contributed by atoms with Crippen LogP contribution >= 0.6 is 11.6 Å². The van der Waals surface area contributed by atoms with E-state index in [1.165, 1.54) is 0 Å². The highest BCUT2D eigenvalue weighted by Gasteiger charge is 2.08. The van der Waals surface area contributed by atoms with Crippen molar-refractivity contribution in [3.8, 4) is 11.1 Å². The molecule has 2 rings (SSSR count). The summed E-state index contributed by atoms with van der Waals surface area (Å²) >= 11 is 6.07. The number of benzene rings is 1. The second-order valence-electron chi connectivity index (χ2n) is 3.85. The summed E-state index contributed by atoms with van der Waals surface area (Å²) in [5, 5.41) is 0.781. The third kappa shape index (κ3) is 1.89. The number of halogens is 1. The smallest absolute Gasteiger partial charge is 0.131 e. The third-order valence-corrected chi connectivity index (χ3v) is 3.04. The average molecular weight is 233 g/mol. The van der Waals surface area contributed by atoms with Gasteiger partial charge >= 0.3 is 0 Å². The molecule has 0 unspecified atom stereocenters. The van der Waals surface area contributed by atoms with Gasteiger partial charge in [-0.1, -0.05) is 11.6 Å². The Balaban J connectivity index is 2.65. The number of nitrogens with two attached hydrogens (primary N) is 1. The highest BCUT2D eigenvalue weighted by atomic mass is 35.5. The van der Waals surface area contributed by atoms with E-state index < -0.39 is 0 Å². The molecule has 2 nitrogen and oxygen atoms in total. The summed E-state index contributed by atoms with van der Waals surface area (Å²) in [6.07, 6.45) is 1.69. The maximum atomic E-state index is 6.07. The van der Waals surface area contributed by atoms with Crippen LogP contribution in [0.1, 0.15) is 11.1 Å². The predicted octanol–water partition coefficient (Wildman–Crippen LogP) is 3.60. The van der Waals surface area contributed by atoms with E-state index in [2.05, 4.69) is 4.98 Å². The monoisotopic (exact) mass is 232 g/mol. The highest BCUT2D eigenvalue weighted by molar-refractivity contribution is 6.31. The van der Waals surface area contributed by atoms with Crippen LogP contribution in [0.3, 0.4) is 0 Å². The van der Waals surface area contributed by atoms with Crippen LogP contribution in [0.15, 0.2) is 30.5 Å². The van der Waals surface area contributed by atoms with E-state index in [9.17, 15) is 0 Å². The quantitative estimate of drug-likeness (QED) is 0.816. The van der Waals surface area contributed by atoms with Gasteiger partial charge in [0.15, 0.2) is 0 Å². The van der Waals surface area contributed by atoms with Crippen LogP contribution in [0.25, 0.3) is 11.1 Å². The van der Waals surface area contributed by atoms with Crippen molar-refractivity contribution in [3.63, 3.8) is 0 Å². The summed E-state index contributed by atoms with van der Waals surface area (Å²) in [6.45, 7) is 4.00. The molecule has 0 atom stereocenters. The summed E-state index contributed by atoms with van der Waals surface area (Å²) in [6, 6.07) is 7.86. The molecule has 16 heavy (non-hydrogen) atoms. The molecule has 82 valence electrons. The lowest BCUT2D eigenvalue weighted by molar-refractivity contribution is 1.32. The average Bonchev–Trinajstić information content (AvgIpc) is 2.25. The lowest BCUT2D eigenvalue weighted by Crippen LogP contribution is -1.95. The molecule has 0 radical (unpaired) electrons. The second-order valence-corrected chi connectivity index (χ2v) is 4.26. The van der Waals surface area contributed by atoms with Gasteiger partial charge < -0.3 is 5.73 Å². The first-order valence-corrected chi connectivity index (χ1v) is 5.45. The number of nitrogens with zero attached hydrogens (tertiary/aromatic N) is 1. The van der Waals surface area contributed by atoms with Crippen molar-refractivity contribution in [2.24, 2.45) is 0 Å². The van der Waals surface area contributed by atoms with Gasteiger partial charge in [-0.25, -0.2) is 4.98 Å². The van der Waals surface area contributed by atoms with Gasteiger partial charge in [0.2, 0.25) is 0 Å². The number of pyridine rings is 1. The summed E-state index contributed by atoms with van der Waals surface area (Å²) in [5.74, 6) is 0.548. The summed E-state index contributed by atoms with van der Waals surface area (Å²) < 4.78 is 0. The first kappa shape index (κ1) is 11.0. The van der Waals surface area contributed by atoms with Crippen molar-refractivity contribution < 1.29 is 0 Å². The molecule has 0 aliphatic rings. The van der Waals surface area contributed by atoms with Gasteiger partial charge in [0.05, 0.1) is 0 Å². The van der Waals surface area contributed by atoms with Crippen LogP contribution in [-0.4, -0.2) is 4.98 Å². The Morgan fingerprint density at radius 2 is 1.88 bits per heavy atom. The molecular formula is C13H13ClN2. The Bertz CT molecular complexity index is 535. The van der Waals surface area contributed by atoms with Crippen LogP contribution in [0.5, 0.6) is 0 Å². The number of rotatable bonds is 1. The fraction of sp³-hybridized carbons (Fsp3) is 0.154. The molecule has 2 aromatic rings. The van der Waals surface area contributed by atoms with E-state index in [1.54, 1.807) is 6.20 Å². The molecule has 0 saturated heterocycles. The van der Waals surface area contributed by atoms with Gasteiger partial charge in [0.25, 0.3) is 0 Å². The molecule has 1 aromatic carbocycles. The molecule has 3 heteroatoms. The minimum atomic E-state index is 0.548. The Morgan fingerprint density at radius 1 is 1.12 bits per heavy atom. The lowest BCUT2D eigenvalue weighted by atomic mass is 9.99. The van der Waals surface area contributed by atoms with Gasteiger partial charge in [-0.3, -0.25) is 0 Å². The fourth-order valence-electron chi connectivity index (χ4n) is 1.72. The summed E-state index contributed by atoms with van der Waals surface area (Å²) in [5.41, 5.74) is 10.1. The number of anilines is 1. The Hall–Kier alpha value is -1.54. The zero-order chi connectivity index (χ0) is 11.7. The van der Waals surface area contributed by atoms with Gasteiger partial charge in [0.1, 0.15) is 5.82 Å². The zero-order valence-corrected chi connectivity index (χ0v) is 10.0. The van der Waals surface area contributed by atoms with Crippen LogP contribution in [-0.2, 0) is 0 Å². The maximum Gasteiger partial charge on any atom is 0.131 e. The van der Waals surface area contributed by atoms with Crippen molar-refractivity contribution in [1.82, 2.24) is 4.98 Å². The molecule has 0 fully saturated rings. The highest BCUT2D eigenvalue weighted by Crippen LogP contribution is 2.31. The Kier molecular flexibility index (Phi) is 2.84. The molecule has 0 saturated carbocycles. The number of aromatic nitrogens is 1. The van der Waals surface area contributed by atoms with E-state index in [4.69, 9.17) is 17.3 Å². The van der Waals surface area contributed by atoms with Crippen LogP contribution in [0.4, 0.5) is 5.82 Å². The number of aryl methyl sites for hydroxylation is 2. The van der Waals surface area contributed by atoms with Crippen molar-refractivity contribution in [3.05, 3.63) is 46.6 Å². The molecular weight excluding hydrogens is 220 g/mol. The number of nitrogen functional groups attached to an aromatic ring is 1. The van der Waals surface area contributed by atoms with E-state index in [1.807, 2.05) is 38.1 Å². The second kappa shape index (κ2) is 4.14. The van der Waals surface area contributed by atoms with E-state index in [0.717, 1.165) is 27.3 Å². The van der Waals surface area contributed by atoms with Crippen molar-refractivity contribution in [2.45, 2.75) is 13.8 Å². The lowest BCUT2D eigenvalue weighted by Gasteiger charge is -2.10. The molecule has 1 aromatic heterocycles. The van der Waals surface area contributed by atoms with Crippen molar-refractivity contribution >= 4 is 17.4 Å². The van der Waals surface area contributed by atoms with E-state index >= 15 is 0 Å². The molecule has 0 amide bonds. The van der Waals surface area contributed by atoms with Crippen molar-refractivity contribution in [1.29, 1.82) is 0 Å². The van der Waals surface area contributed by atoms with E-state index in [0.29, 0.717) is 5.82 Å². The minimum Gasteiger partial charge on any atom is -0.383 e. The molecule has 0 aliphatic heterocycles. The number of hydrogen-bond acceptors (Lipinski definition) is 2.